The highest BCUT2D eigenvalue weighted by atomic mass is 32.2. The molecule has 2 aliphatic heterocycles. The molecule has 0 unspecified atom stereocenters. The molecule has 1 N–H and O–H groups in total. The Hall–Kier alpha value is -3.00. The van der Waals surface area contributed by atoms with Gasteiger partial charge in [-0.1, -0.05) is 13.8 Å². The van der Waals surface area contributed by atoms with E-state index in [1.165, 1.54) is 28.9 Å². The van der Waals surface area contributed by atoms with Crippen LogP contribution in [0.3, 0.4) is 0 Å². The first-order valence-corrected chi connectivity index (χ1v) is 11.1. The Morgan fingerprint density at radius 3 is 2.52 bits per heavy atom. The number of nitrogens with one attached hydrogen (secondary N) is 1. The highest BCUT2D eigenvalue weighted by Crippen LogP contribution is 2.33. The minimum absolute atomic E-state index is 0.0371. The number of carbonyl (C=O) groups is 1. The third-order valence-electron chi connectivity index (χ3n) is 5.66. The van der Waals surface area contributed by atoms with Crippen molar-refractivity contribution in [3.8, 4) is 5.69 Å². The van der Waals surface area contributed by atoms with Gasteiger partial charge in [0.15, 0.2) is 5.84 Å². The Balaban J connectivity index is 1.70. The Bertz CT molecular complexity index is 1160. The van der Waals surface area contributed by atoms with Crippen LogP contribution in [0.1, 0.15) is 43.6 Å². The lowest BCUT2D eigenvalue weighted by Gasteiger charge is -2.20. The van der Waals surface area contributed by atoms with Gasteiger partial charge in [-0.05, 0) is 80.4 Å². The monoisotopic (exact) mass is 437 g/mol. The van der Waals surface area contributed by atoms with E-state index in [1.807, 2.05) is 24.5 Å². The van der Waals surface area contributed by atoms with Gasteiger partial charge < -0.3 is 4.57 Å². The molecule has 3 heterocycles. The first kappa shape index (κ1) is 21.2. The van der Waals surface area contributed by atoms with Crippen molar-refractivity contribution in [1.82, 2.24) is 9.58 Å². The maximum atomic E-state index is 13.3. The number of rotatable bonds is 5. The number of hydrogen-bond acceptors (Lipinski definition) is 4. The summed E-state index contributed by atoms with van der Waals surface area (Å²) in [7, 11) is 0. The van der Waals surface area contributed by atoms with E-state index >= 15 is 0 Å². The summed E-state index contributed by atoms with van der Waals surface area (Å²) in [5.41, 5.74) is 3.69. The van der Waals surface area contributed by atoms with Crippen molar-refractivity contribution in [3.63, 3.8) is 0 Å². The molecule has 8 heteroatoms. The summed E-state index contributed by atoms with van der Waals surface area (Å²) in [6.45, 7) is 8.10. The van der Waals surface area contributed by atoms with Crippen LogP contribution in [0.4, 0.5) is 4.39 Å². The zero-order valence-corrected chi connectivity index (χ0v) is 18.8. The predicted molar refractivity (Wildman–Crippen MR) is 124 cm³/mol. The largest absolute Gasteiger partial charge is 0.318 e. The second-order valence-electron chi connectivity index (χ2n) is 7.61. The molecule has 2 aliphatic rings. The third kappa shape index (κ3) is 3.76. The highest BCUT2D eigenvalue weighted by Gasteiger charge is 2.37. The van der Waals surface area contributed by atoms with Gasteiger partial charge in [-0.3, -0.25) is 10.2 Å². The van der Waals surface area contributed by atoms with Crippen molar-refractivity contribution in [1.29, 1.82) is 5.41 Å². The molecule has 1 aromatic carbocycles. The summed E-state index contributed by atoms with van der Waals surface area (Å²) in [5.74, 6) is -0.394. The lowest BCUT2D eigenvalue weighted by molar-refractivity contribution is -0.114. The zero-order chi connectivity index (χ0) is 22.3. The van der Waals surface area contributed by atoms with E-state index in [4.69, 9.17) is 5.41 Å². The minimum Gasteiger partial charge on any atom is -0.318 e. The number of benzene rings is 1. The number of hydrazone groups is 1. The fraction of sp³-hybridized carbons (Fsp3) is 0.304. The number of halogens is 1. The number of nitrogens with zero attached hydrogens (tertiary/aromatic N) is 4. The van der Waals surface area contributed by atoms with Crippen LogP contribution in [0.25, 0.3) is 11.8 Å². The number of fused-ring (bicyclic) bond motifs is 1. The Morgan fingerprint density at radius 1 is 1.19 bits per heavy atom. The minimum atomic E-state index is -0.434. The van der Waals surface area contributed by atoms with Crippen LogP contribution in [0.2, 0.25) is 0 Å². The molecule has 160 valence electrons. The first-order chi connectivity index (χ1) is 14.8. The molecule has 0 spiro atoms. The van der Waals surface area contributed by atoms with E-state index in [0.29, 0.717) is 11.1 Å². The summed E-state index contributed by atoms with van der Waals surface area (Å²) in [6, 6.07) is 8.22. The molecule has 1 aromatic heterocycles. The molecule has 6 nitrogen and oxygen atoms in total. The molecule has 1 amide bonds. The van der Waals surface area contributed by atoms with E-state index in [2.05, 4.69) is 23.9 Å². The lowest BCUT2D eigenvalue weighted by Crippen LogP contribution is -2.35. The molecular formula is C23H24FN5OS. The van der Waals surface area contributed by atoms with Crippen LogP contribution in [-0.2, 0) is 4.79 Å². The Morgan fingerprint density at radius 2 is 1.87 bits per heavy atom. The fourth-order valence-corrected chi connectivity index (χ4v) is 5.04. The van der Waals surface area contributed by atoms with E-state index in [9.17, 15) is 9.18 Å². The average molecular weight is 438 g/mol. The van der Waals surface area contributed by atoms with Crippen LogP contribution in [0, 0.1) is 31.0 Å². The number of aromatic nitrogens is 1. The summed E-state index contributed by atoms with van der Waals surface area (Å²) in [6.07, 6.45) is 3.59. The molecule has 0 radical (unpaired) electrons. The maximum absolute atomic E-state index is 13.3. The van der Waals surface area contributed by atoms with Gasteiger partial charge in [0, 0.05) is 23.0 Å². The summed E-state index contributed by atoms with van der Waals surface area (Å²) in [4.78, 5) is 16.9. The second kappa shape index (κ2) is 8.26. The number of aryl methyl sites for hydroxylation is 1. The van der Waals surface area contributed by atoms with Gasteiger partial charge in [0.2, 0.25) is 5.17 Å². The Labute approximate surface area is 185 Å². The molecule has 0 saturated carbocycles. The SMILES string of the molecule is CCC(CC)C1=NN2C(=N)/C(=C\c3cc(C)n(-c4ccc(F)cc4)c3C)C(=O)N=C2S1. The van der Waals surface area contributed by atoms with Gasteiger partial charge in [0.05, 0.1) is 5.57 Å². The third-order valence-corrected chi connectivity index (χ3v) is 6.73. The molecule has 0 bridgehead atoms. The van der Waals surface area contributed by atoms with Crippen molar-refractivity contribution >= 4 is 39.8 Å². The number of amidine groups is 2. The van der Waals surface area contributed by atoms with Crippen LogP contribution in [0.5, 0.6) is 0 Å². The fourth-order valence-electron chi connectivity index (χ4n) is 3.89. The quantitative estimate of drug-likeness (QED) is 0.646. The average Bonchev–Trinajstić information content (AvgIpc) is 3.28. The molecule has 0 atom stereocenters. The van der Waals surface area contributed by atoms with Crippen LogP contribution >= 0.6 is 11.8 Å². The van der Waals surface area contributed by atoms with Gasteiger partial charge in [-0.25, -0.2) is 4.39 Å². The number of carbonyl (C=O) groups excluding carboxylic acids is 1. The smallest absolute Gasteiger partial charge is 0.283 e. The predicted octanol–water partition coefficient (Wildman–Crippen LogP) is 5.29. The van der Waals surface area contributed by atoms with E-state index in [-0.39, 0.29) is 17.2 Å². The number of amides is 1. The van der Waals surface area contributed by atoms with E-state index < -0.39 is 5.91 Å². The molecular weight excluding hydrogens is 413 g/mol. The maximum Gasteiger partial charge on any atom is 0.283 e. The summed E-state index contributed by atoms with van der Waals surface area (Å²) >= 11 is 1.38. The van der Waals surface area contributed by atoms with Gasteiger partial charge >= 0.3 is 0 Å². The number of thioether (sulfide) groups is 1. The van der Waals surface area contributed by atoms with Crippen molar-refractivity contribution in [2.45, 2.75) is 40.5 Å². The lowest BCUT2D eigenvalue weighted by atomic mass is 10.1. The number of hydrogen-bond donors (Lipinski definition) is 1. The molecule has 0 saturated heterocycles. The summed E-state index contributed by atoms with van der Waals surface area (Å²) < 4.78 is 15.3. The molecule has 2 aromatic rings. The molecule has 31 heavy (non-hydrogen) atoms. The number of aliphatic imine (C=N–C) groups is 1. The van der Waals surface area contributed by atoms with Gasteiger partial charge in [0.25, 0.3) is 5.91 Å². The molecule has 0 fully saturated rings. The van der Waals surface area contributed by atoms with Gasteiger partial charge in [0.1, 0.15) is 10.9 Å². The topological polar surface area (TPSA) is 73.8 Å². The van der Waals surface area contributed by atoms with Crippen LogP contribution in [-0.4, -0.2) is 31.5 Å². The normalized spacial score (nSPS) is 17.5. The standard InChI is InChI=1S/C23H24FN5OS/c1-5-15(6-2)22-27-29-20(25)19(21(30)26-23(29)31-22)12-16-11-13(3)28(14(16)4)18-9-7-17(24)8-10-18/h7-12,15,25H,5-6H2,1-4H3/b19-12+,25-20?. The van der Waals surface area contributed by atoms with Crippen LogP contribution < -0.4 is 0 Å². The van der Waals surface area contributed by atoms with E-state index in [1.54, 1.807) is 18.2 Å². The van der Waals surface area contributed by atoms with Crippen molar-refractivity contribution in [3.05, 3.63) is 58.7 Å². The van der Waals surface area contributed by atoms with Crippen molar-refractivity contribution in [2.24, 2.45) is 16.0 Å². The van der Waals surface area contributed by atoms with E-state index in [0.717, 1.165) is 40.5 Å². The van der Waals surface area contributed by atoms with Crippen molar-refractivity contribution < 1.29 is 9.18 Å². The second-order valence-corrected chi connectivity index (χ2v) is 8.60. The summed E-state index contributed by atoms with van der Waals surface area (Å²) in [5, 5.41) is 16.0. The van der Waals surface area contributed by atoms with Gasteiger partial charge in [-0.15, -0.1) is 0 Å². The van der Waals surface area contributed by atoms with Crippen LogP contribution in [0.15, 0.2) is 46.0 Å². The zero-order valence-electron chi connectivity index (χ0n) is 17.9. The molecule has 0 aliphatic carbocycles. The molecule has 4 rings (SSSR count). The van der Waals surface area contributed by atoms with Crippen molar-refractivity contribution in [2.75, 3.05) is 0 Å². The first-order valence-electron chi connectivity index (χ1n) is 10.3. The van der Waals surface area contributed by atoms with Gasteiger partial charge in [-0.2, -0.15) is 15.1 Å². The highest BCUT2D eigenvalue weighted by molar-refractivity contribution is 8.27. The Kier molecular flexibility index (Phi) is 5.66.